The van der Waals surface area contributed by atoms with E-state index in [1.807, 2.05) is 24.3 Å². The number of Topliss-reactive ketones (excluding diaryl/α,β-unsaturated/α-hetero) is 1. The van der Waals surface area contributed by atoms with E-state index in [9.17, 15) is 4.79 Å². The Balaban J connectivity index is 1.81. The number of hydrogen-bond donors (Lipinski definition) is 0. The molecule has 0 heterocycles. The summed E-state index contributed by atoms with van der Waals surface area (Å²) < 4.78 is 5.94. The summed E-state index contributed by atoms with van der Waals surface area (Å²) >= 11 is 0. The van der Waals surface area contributed by atoms with Crippen LogP contribution >= 0.6 is 0 Å². The minimum absolute atomic E-state index is 0.243. The van der Waals surface area contributed by atoms with Gasteiger partial charge >= 0.3 is 0 Å². The number of hydrogen-bond acceptors (Lipinski definition) is 2. The van der Waals surface area contributed by atoms with Gasteiger partial charge < -0.3 is 4.74 Å². The van der Waals surface area contributed by atoms with Crippen molar-refractivity contribution in [1.29, 1.82) is 0 Å². The van der Waals surface area contributed by atoms with Crippen LogP contribution in [0.1, 0.15) is 39.9 Å². The SMILES string of the molecule is Cc1cccc(COc2cccc3c2CCCC3=O)c1. The monoisotopic (exact) mass is 266 g/mol. The van der Waals surface area contributed by atoms with Crippen molar-refractivity contribution in [2.45, 2.75) is 32.8 Å². The van der Waals surface area contributed by atoms with E-state index in [0.29, 0.717) is 13.0 Å². The number of rotatable bonds is 3. The summed E-state index contributed by atoms with van der Waals surface area (Å²) in [6, 6.07) is 14.1. The van der Waals surface area contributed by atoms with Gasteiger partial charge in [-0.3, -0.25) is 4.79 Å². The first kappa shape index (κ1) is 12.9. The molecule has 102 valence electrons. The van der Waals surface area contributed by atoms with Crippen molar-refractivity contribution in [1.82, 2.24) is 0 Å². The lowest BCUT2D eigenvalue weighted by Gasteiger charge is -2.18. The first-order valence-corrected chi connectivity index (χ1v) is 7.07. The summed E-state index contributed by atoms with van der Waals surface area (Å²) in [5.74, 6) is 1.10. The molecule has 0 spiro atoms. The van der Waals surface area contributed by atoms with E-state index in [-0.39, 0.29) is 5.78 Å². The Bertz CT molecular complexity index is 644. The van der Waals surface area contributed by atoms with Gasteiger partial charge in [-0.15, -0.1) is 0 Å². The topological polar surface area (TPSA) is 26.3 Å². The Morgan fingerprint density at radius 1 is 1.10 bits per heavy atom. The molecule has 1 aliphatic rings. The van der Waals surface area contributed by atoms with Crippen molar-refractivity contribution in [3.8, 4) is 5.75 Å². The third kappa shape index (κ3) is 2.60. The lowest BCUT2D eigenvalue weighted by molar-refractivity contribution is 0.0971. The third-order valence-corrected chi connectivity index (χ3v) is 3.74. The Morgan fingerprint density at radius 2 is 1.95 bits per heavy atom. The molecule has 0 saturated heterocycles. The Labute approximate surface area is 119 Å². The van der Waals surface area contributed by atoms with E-state index in [0.717, 1.165) is 35.3 Å². The van der Waals surface area contributed by atoms with Gasteiger partial charge in [-0.1, -0.05) is 42.0 Å². The van der Waals surface area contributed by atoms with Gasteiger partial charge in [-0.25, -0.2) is 0 Å². The molecule has 1 aliphatic carbocycles. The Hall–Kier alpha value is -2.09. The summed E-state index contributed by atoms with van der Waals surface area (Å²) in [5.41, 5.74) is 4.32. The van der Waals surface area contributed by atoms with E-state index in [4.69, 9.17) is 4.74 Å². The van der Waals surface area contributed by atoms with E-state index in [1.54, 1.807) is 0 Å². The average molecular weight is 266 g/mol. The maximum absolute atomic E-state index is 11.9. The van der Waals surface area contributed by atoms with Gasteiger partial charge in [0, 0.05) is 17.5 Å². The lowest BCUT2D eigenvalue weighted by atomic mass is 9.90. The maximum Gasteiger partial charge on any atom is 0.163 e. The van der Waals surface area contributed by atoms with Crippen LogP contribution in [0.25, 0.3) is 0 Å². The number of ether oxygens (including phenoxy) is 1. The molecule has 0 bridgehead atoms. The molecule has 0 fully saturated rings. The molecule has 0 radical (unpaired) electrons. The van der Waals surface area contributed by atoms with Gasteiger partial charge in [0.15, 0.2) is 5.78 Å². The van der Waals surface area contributed by atoms with Gasteiger partial charge in [0.2, 0.25) is 0 Å². The van der Waals surface area contributed by atoms with Gasteiger partial charge in [0.1, 0.15) is 12.4 Å². The fraction of sp³-hybridized carbons (Fsp3) is 0.278. The summed E-state index contributed by atoms with van der Waals surface area (Å²) in [5, 5.41) is 0. The molecule has 0 unspecified atom stereocenters. The molecule has 0 saturated carbocycles. The first-order chi connectivity index (χ1) is 9.74. The summed E-state index contributed by atoms with van der Waals surface area (Å²) in [7, 11) is 0. The van der Waals surface area contributed by atoms with Crippen LogP contribution < -0.4 is 4.74 Å². The number of carbonyl (C=O) groups excluding carboxylic acids is 1. The maximum atomic E-state index is 11.9. The van der Waals surface area contributed by atoms with Crippen molar-refractivity contribution >= 4 is 5.78 Å². The second kappa shape index (κ2) is 5.49. The molecule has 2 nitrogen and oxygen atoms in total. The number of benzene rings is 2. The number of carbonyl (C=O) groups is 1. The molecule has 0 N–H and O–H groups in total. The van der Waals surface area contributed by atoms with Crippen LogP contribution in [0.15, 0.2) is 42.5 Å². The van der Waals surface area contributed by atoms with Crippen molar-refractivity contribution in [2.24, 2.45) is 0 Å². The summed E-state index contributed by atoms with van der Waals surface area (Å²) in [4.78, 5) is 11.9. The smallest absolute Gasteiger partial charge is 0.163 e. The summed E-state index contributed by atoms with van der Waals surface area (Å²) in [6.07, 6.45) is 2.52. The molecular formula is C18H18O2. The zero-order chi connectivity index (χ0) is 13.9. The Kier molecular flexibility index (Phi) is 3.55. The van der Waals surface area contributed by atoms with Crippen molar-refractivity contribution < 1.29 is 9.53 Å². The van der Waals surface area contributed by atoms with E-state index in [2.05, 4.69) is 25.1 Å². The van der Waals surface area contributed by atoms with Crippen LogP contribution in [0.5, 0.6) is 5.75 Å². The van der Waals surface area contributed by atoms with Gasteiger partial charge in [0.05, 0.1) is 0 Å². The quantitative estimate of drug-likeness (QED) is 0.836. The largest absolute Gasteiger partial charge is 0.489 e. The zero-order valence-electron chi connectivity index (χ0n) is 11.7. The van der Waals surface area contributed by atoms with Crippen LogP contribution in [0.3, 0.4) is 0 Å². The molecule has 0 atom stereocenters. The molecule has 0 aromatic heterocycles. The highest BCUT2D eigenvalue weighted by atomic mass is 16.5. The molecule has 2 heteroatoms. The van der Waals surface area contributed by atoms with Crippen molar-refractivity contribution in [3.63, 3.8) is 0 Å². The second-order valence-electron chi connectivity index (χ2n) is 5.34. The normalized spacial score (nSPS) is 13.9. The number of fused-ring (bicyclic) bond motifs is 1. The first-order valence-electron chi connectivity index (χ1n) is 7.07. The molecule has 3 rings (SSSR count). The van der Waals surface area contributed by atoms with Crippen LogP contribution in [0, 0.1) is 6.92 Å². The number of aryl methyl sites for hydroxylation is 1. The van der Waals surface area contributed by atoms with Crippen LogP contribution in [-0.4, -0.2) is 5.78 Å². The highest BCUT2D eigenvalue weighted by Gasteiger charge is 2.20. The zero-order valence-corrected chi connectivity index (χ0v) is 11.7. The number of ketones is 1. The predicted molar refractivity (Wildman–Crippen MR) is 79.2 cm³/mol. The molecule has 0 amide bonds. The van der Waals surface area contributed by atoms with Gasteiger partial charge in [-0.2, -0.15) is 0 Å². The molecule has 2 aromatic carbocycles. The van der Waals surface area contributed by atoms with Crippen molar-refractivity contribution in [2.75, 3.05) is 0 Å². The highest BCUT2D eigenvalue weighted by molar-refractivity contribution is 5.99. The van der Waals surface area contributed by atoms with Gasteiger partial charge in [0.25, 0.3) is 0 Å². The Morgan fingerprint density at radius 3 is 2.80 bits per heavy atom. The van der Waals surface area contributed by atoms with E-state index >= 15 is 0 Å². The van der Waals surface area contributed by atoms with Crippen LogP contribution in [-0.2, 0) is 13.0 Å². The predicted octanol–water partition coefficient (Wildman–Crippen LogP) is 4.09. The standard InChI is InChI=1S/C18H18O2/c1-13-5-2-6-14(11-13)12-20-18-10-4-7-15-16(18)8-3-9-17(15)19/h2,4-7,10-11H,3,8-9,12H2,1H3. The highest BCUT2D eigenvalue weighted by Crippen LogP contribution is 2.30. The fourth-order valence-corrected chi connectivity index (χ4v) is 2.74. The summed E-state index contributed by atoms with van der Waals surface area (Å²) in [6.45, 7) is 2.62. The lowest BCUT2D eigenvalue weighted by Crippen LogP contribution is -2.12. The molecule has 20 heavy (non-hydrogen) atoms. The minimum atomic E-state index is 0.243. The van der Waals surface area contributed by atoms with E-state index < -0.39 is 0 Å². The molecule has 0 aliphatic heterocycles. The van der Waals surface area contributed by atoms with Gasteiger partial charge in [-0.05, 0) is 31.4 Å². The van der Waals surface area contributed by atoms with Crippen LogP contribution in [0.2, 0.25) is 0 Å². The third-order valence-electron chi connectivity index (χ3n) is 3.74. The fourth-order valence-electron chi connectivity index (χ4n) is 2.74. The molecular weight excluding hydrogens is 248 g/mol. The van der Waals surface area contributed by atoms with Crippen LogP contribution in [0.4, 0.5) is 0 Å². The molecule has 2 aromatic rings. The minimum Gasteiger partial charge on any atom is -0.489 e. The average Bonchev–Trinajstić information content (AvgIpc) is 2.46. The van der Waals surface area contributed by atoms with E-state index in [1.165, 1.54) is 5.56 Å². The second-order valence-corrected chi connectivity index (χ2v) is 5.34. The van der Waals surface area contributed by atoms with Crippen molar-refractivity contribution in [3.05, 3.63) is 64.7 Å².